The van der Waals surface area contributed by atoms with E-state index in [9.17, 15) is 5.11 Å². The van der Waals surface area contributed by atoms with Gasteiger partial charge in [-0.3, -0.25) is 4.98 Å². The molecule has 0 spiro atoms. The number of rotatable bonds is 6. The predicted octanol–water partition coefficient (Wildman–Crippen LogP) is 6.37. The van der Waals surface area contributed by atoms with Crippen LogP contribution in [0.15, 0.2) is 91.4 Å². The lowest BCUT2D eigenvalue weighted by Crippen LogP contribution is -2.00. The van der Waals surface area contributed by atoms with E-state index in [0.717, 1.165) is 33.4 Å². The number of ether oxygens (including phenoxy) is 1. The van der Waals surface area contributed by atoms with Crippen molar-refractivity contribution in [3.05, 3.63) is 102 Å². The molecule has 0 aliphatic carbocycles. The number of phenolic OH excluding ortho intramolecular Hbond substituents is 1. The Morgan fingerprint density at radius 1 is 0.879 bits per heavy atom. The molecule has 0 aliphatic heterocycles. The van der Waals surface area contributed by atoms with Crippen molar-refractivity contribution in [1.82, 2.24) is 15.0 Å². The molecule has 0 atom stereocenters. The summed E-state index contributed by atoms with van der Waals surface area (Å²) < 4.78 is 5.82. The van der Waals surface area contributed by atoms with Gasteiger partial charge in [0.25, 0.3) is 0 Å². The van der Waals surface area contributed by atoms with Crippen LogP contribution in [0.25, 0.3) is 22.0 Å². The van der Waals surface area contributed by atoms with Crippen molar-refractivity contribution < 1.29 is 9.84 Å². The Bertz CT molecular complexity index is 1400. The minimum atomic E-state index is 0.216. The molecule has 0 fully saturated rings. The summed E-state index contributed by atoms with van der Waals surface area (Å²) in [6.07, 6.45) is 3.25. The Labute approximate surface area is 195 Å². The van der Waals surface area contributed by atoms with Crippen LogP contribution in [0.1, 0.15) is 5.69 Å². The van der Waals surface area contributed by atoms with Crippen LogP contribution in [0, 0.1) is 0 Å². The summed E-state index contributed by atoms with van der Waals surface area (Å²) >= 11 is 6.48. The smallest absolute Gasteiger partial charge is 0.142 e. The number of phenols is 1. The van der Waals surface area contributed by atoms with Gasteiger partial charge in [0, 0.05) is 11.9 Å². The number of anilines is 2. The van der Waals surface area contributed by atoms with Crippen molar-refractivity contribution in [3.8, 4) is 22.6 Å². The zero-order chi connectivity index (χ0) is 22.6. The van der Waals surface area contributed by atoms with Crippen LogP contribution in [-0.2, 0) is 6.61 Å². The number of nitrogens with zero attached hydrogens (tertiary/aromatic N) is 3. The third kappa shape index (κ3) is 4.56. The first-order valence-corrected chi connectivity index (χ1v) is 10.7. The Hall–Kier alpha value is -4.16. The summed E-state index contributed by atoms with van der Waals surface area (Å²) in [5.41, 5.74) is 4.31. The molecule has 5 aromatic rings. The van der Waals surface area contributed by atoms with Gasteiger partial charge in [-0.1, -0.05) is 41.9 Å². The van der Waals surface area contributed by atoms with E-state index in [4.69, 9.17) is 16.3 Å². The molecule has 7 heteroatoms. The highest BCUT2D eigenvalue weighted by atomic mass is 35.5. The van der Waals surface area contributed by atoms with E-state index in [1.807, 2.05) is 60.7 Å². The van der Waals surface area contributed by atoms with E-state index >= 15 is 0 Å². The number of aromatic hydroxyl groups is 1. The van der Waals surface area contributed by atoms with Gasteiger partial charge < -0.3 is 15.2 Å². The quantitative estimate of drug-likeness (QED) is 0.310. The fourth-order valence-electron chi connectivity index (χ4n) is 3.55. The van der Waals surface area contributed by atoms with Crippen molar-refractivity contribution in [2.24, 2.45) is 0 Å². The summed E-state index contributed by atoms with van der Waals surface area (Å²) in [6, 6.07) is 24.1. The van der Waals surface area contributed by atoms with Gasteiger partial charge in [-0.2, -0.15) is 0 Å². The number of hydrogen-bond acceptors (Lipinski definition) is 6. The maximum atomic E-state index is 9.65. The monoisotopic (exact) mass is 454 g/mol. The zero-order valence-electron chi connectivity index (χ0n) is 17.4. The Kier molecular flexibility index (Phi) is 5.74. The van der Waals surface area contributed by atoms with Gasteiger partial charge in [-0.05, 0) is 59.7 Å². The Morgan fingerprint density at radius 2 is 1.76 bits per heavy atom. The van der Waals surface area contributed by atoms with Crippen LogP contribution in [0.2, 0.25) is 5.02 Å². The number of nitrogens with one attached hydrogen (secondary N) is 1. The molecule has 2 heterocycles. The second kappa shape index (κ2) is 9.14. The summed E-state index contributed by atoms with van der Waals surface area (Å²) in [4.78, 5) is 13.2. The zero-order valence-corrected chi connectivity index (χ0v) is 18.2. The van der Waals surface area contributed by atoms with Crippen molar-refractivity contribution >= 4 is 34.0 Å². The van der Waals surface area contributed by atoms with E-state index in [-0.39, 0.29) is 5.75 Å². The highest BCUT2D eigenvalue weighted by Gasteiger charge is 2.12. The van der Waals surface area contributed by atoms with Crippen molar-refractivity contribution in [2.45, 2.75) is 6.61 Å². The molecule has 33 heavy (non-hydrogen) atoms. The molecule has 3 aromatic carbocycles. The molecule has 0 saturated heterocycles. The molecule has 5 rings (SSSR count). The van der Waals surface area contributed by atoms with E-state index in [2.05, 4.69) is 20.3 Å². The maximum absolute atomic E-state index is 9.65. The van der Waals surface area contributed by atoms with E-state index < -0.39 is 0 Å². The molecular weight excluding hydrogens is 436 g/mol. The molecule has 0 aliphatic rings. The van der Waals surface area contributed by atoms with Gasteiger partial charge in [-0.15, -0.1) is 0 Å². The van der Waals surface area contributed by atoms with Crippen molar-refractivity contribution in [3.63, 3.8) is 0 Å². The number of halogens is 1. The third-order valence-electron chi connectivity index (χ3n) is 5.14. The normalized spacial score (nSPS) is 10.8. The van der Waals surface area contributed by atoms with Crippen molar-refractivity contribution in [2.75, 3.05) is 5.32 Å². The van der Waals surface area contributed by atoms with Crippen LogP contribution < -0.4 is 10.1 Å². The number of benzene rings is 3. The van der Waals surface area contributed by atoms with Crippen LogP contribution in [0.3, 0.4) is 0 Å². The maximum Gasteiger partial charge on any atom is 0.142 e. The second-order valence-corrected chi connectivity index (χ2v) is 7.76. The van der Waals surface area contributed by atoms with Gasteiger partial charge >= 0.3 is 0 Å². The number of fused-ring (bicyclic) bond motifs is 1. The molecule has 2 aromatic heterocycles. The largest absolute Gasteiger partial charge is 0.508 e. The van der Waals surface area contributed by atoms with Gasteiger partial charge in [-0.25, -0.2) is 9.97 Å². The minimum Gasteiger partial charge on any atom is -0.508 e. The number of pyridine rings is 1. The fourth-order valence-corrected chi connectivity index (χ4v) is 3.79. The molecular formula is C26H19ClN4O2. The van der Waals surface area contributed by atoms with Crippen LogP contribution >= 0.6 is 11.6 Å². The predicted molar refractivity (Wildman–Crippen MR) is 130 cm³/mol. The van der Waals surface area contributed by atoms with Crippen molar-refractivity contribution in [1.29, 1.82) is 0 Å². The first-order valence-electron chi connectivity index (χ1n) is 10.3. The Morgan fingerprint density at radius 3 is 2.55 bits per heavy atom. The lowest BCUT2D eigenvalue weighted by molar-refractivity contribution is 0.301. The highest BCUT2D eigenvalue weighted by Crippen LogP contribution is 2.35. The molecule has 6 nitrogen and oxygen atoms in total. The van der Waals surface area contributed by atoms with Gasteiger partial charge in [0.1, 0.15) is 30.3 Å². The van der Waals surface area contributed by atoms with Crippen LogP contribution in [-0.4, -0.2) is 20.1 Å². The lowest BCUT2D eigenvalue weighted by Gasteiger charge is -2.14. The molecule has 162 valence electrons. The van der Waals surface area contributed by atoms with Crippen LogP contribution in [0.5, 0.6) is 11.5 Å². The number of hydrogen-bond donors (Lipinski definition) is 2. The van der Waals surface area contributed by atoms with E-state index in [0.29, 0.717) is 23.2 Å². The lowest BCUT2D eigenvalue weighted by atomic mass is 10.0. The molecule has 0 radical (unpaired) electrons. The average molecular weight is 455 g/mol. The molecule has 0 amide bonds. The fraction of sp³-hybridized carbons (Fsp3) is 0.0385. The third-order valence-corrected chi connectivity index (χ3v) is 5.43. The standard InChI is InChI=1S/C26H19ClN4O2/c27-22-14-18(9-12-24(22)33-15-19-4-1-2-13-28-19)31-26-25-21(17-7-10-20(32)11-8-17)5-3-6-23(25)29-16-30-26/h1-14,16,32H,15H2,(H,29,30,31). The second-order valence-electron chi connectivity index (χ2n) is 7.35. The van der Waals surface area contributed by atoms with E-state index in [1.54, 1.807) is 24.4 Å². The summed E-state index contributed by atoms with van der Waals surface area (Å²) in [6.45, 7) is 0.333. The first kappa shape index (κ1) is 20.7. The first-order chi connectivity index (χ1) is 16.2. The number of aromatic nitrogens is 3. The highest BCUT2D eigenvalue weighted by molar-refractivity contribution is 6.32. The molecule has 2 N–H and O–H groups in total. The average Bonchev–Trinajstić information content (AvgIpc) is 2.84. The van der Waals surface area contributed by atoms with E-state index in [1.165, 1.54) is 6.33 Å². The SMILES string of the molecule is Oc1ccc(-c2cccc3ncnc(Nc4ccc(OCc5ccccn5)c(Cl)c4)c23)cc1. The summed E-state index contributed by atoms with van der Waals surface area (Å²) in [5.74, 6) is 1.45. The molecule has 0 unspecified atom stereocenters. The topological polar surface area (TPSA) is 80.2 Å². The van der Waals surface area contributed by atoms with Crippen LogP contribution in [0.4, 0.5) is 11.5 Å². The summed E-state index contributed by atoms with van der Waals surface area (Å²) in [5, 5.41) is 14.4. The molecule has 0 bridgehead atoms. The molecule has 0 saturated carbocycles. The minimum absolute atomic E-state index is 0.216. The van der Waals surface area contributed by atoms with Gasteiger partial charge in [0.05, 0.1) is 21.6 Å². The van der Waals surface area contributed by atoms with Gasteiger partial charge in [0.2, 0.25) is 0 Å². The van der Waals surface area contributed by atoms with Gasteiger partial charge in [0.15, 0.2) is 0 Å². The Balaban J connectivity index is 1.44. The summed E-state index contributed by atoms with van der Waals surface area (Å²) in [7, 11) is 0.